The summed E-state index contributed by atoms with van der Waals surface area (Å²) in [6.07, 6.45) is 0. The third-order valence-corrected chi connectivity index (χ3v) is 6.39. The Kier molecular flexibility index (Phi) is 7.50. The van der Waals surface area contributed by atoms with E-state index in [0.29, 0.717) is 0 Å². The minimum absolute atomic E-state index is 0.0608. The molecule has 9 heteroatoms. The second-order valence-electron chi connectivity index (χ2n) is 6.78. The number of hydrogen-bond acceptors (Lipinski definition) is 6. The summed E-state index contributed by atoms with van der Waals surface area (Å²) in [7, 11) is 0. The van der Waals surface area contributed by atoms with E-state index in [2.05, 4.69) is 47.8 Å². The van der Waals surface area contributed by atoms with Crippen LogP contribution in [0.25, 0.3) is 0 Å². The van der Waals surface area contributed by atoms with Crippen LogP contribution in [0.5, 0.6) is 0 Å². The highest BCUT2D eigenvalue weighted by molar-refractivity contribution is 9.10. The molecular formula is C19H26BrN5O2S. The zero-order valence-electron chi connectivity index (χ0n) is 16.5. The molecule has 0 unspecified atom stereocenters. The SMILES string of the molecule is CCn1c(CN2CCOCC2)nnc1SCC(=O)Nc1cc(C)c(C)cc1Br. The van der Waals surface area contributed by atoms with Gasteiger partial charge in [-0.05, 0) is 60.0 Å². The van der Waals surface area contributed by atoms with E-state index >= 15 is 0 Å². The first-order chi connectivity index (χ1) is 13.5. The number of carbonyl (C=O) groups is 1. The predicted molar refractivity (Wildman–Crippen MR) is 115 cm³/mol. The summed E-state index contributed by atoms with van der Waals surface area (Å²) in [6.45, 7) is 11.0. The number of ether oxygens (including phenoxy) is 1. The van der Waals surface area contributed by atoms with Crippen molar-refractivity contribution in [3.8, 4) is 0 Å². The number of nitrogens with one attached hydrogen (secondary N) is 1. The molecule has 0 aliphatic carbocycles. The fraction of sp³-hybridized carbons (Fsp3) is 0.526. The molecule has 152 valence electrons. The maximum Gasteiger partial charge on any atom is 0.234 e. The van der Waals surface area contributed by atoms with Crippen molar-refractivity contribution in [1.29, 1.82) is 0 Å². The standard InChI is InChI=1S/C19H26BrN5O2S/c1-4-25-17(11-24-5-7-27-8-6-24)22-23-19(25)28-12-18(26)21-16-10-14(3)13(2)9-15(16)20/h9-10H,4-8,11-12H2,1-3H3,(H,21,26). The van der Waals surface area contributed by atoms with Crippen LogP contribution in [0.4, 0.5) is 5.69 Å². The van der Waals surface area contributed by atoms with Gasteiger partial charge in [0, 0.05) is 24.1 Å². The van der Waals surface area contributed by atoms with Crippen LogP contribution in [0.15, 0.2) is 21.8 Å². The molecule has 0 spiro atoms. The summed E-state index contributed by atoms with van der Waals surface area (Å²) >= 11 is 4.93. The van der Waals surface area contributed by atoms with Gasteiger partial charge in [-0.3, -0.25) is 9.69 Å². The highest BCUT2D eigenvalue weighted by atomic mass is 79.9. The lowest BCUT2D eigenvalue weighted by atomic mass is 10.1. The van der Waals surface area contributed by atoms with Gasteiger partial charge in [-0.2, -0.15) is 0 Å². The van der Waals surface area contributed by atoms with Gasteiger partial charge in [0.15, 0.2) is 5.16 Å². The first kappa shape index (κ1) is 21.3. The Morgan fingerprint density at radius 1 is 1.25 bits per heavy atom. The molecule has 0 saturated carbocycles. The molecule has 1 saturated heterocycles. The van der Waals surface area contributed by atoms with E-state index in [1.807, 2.05) is 26.0 Å². The molecule has 3 rings (SSSR count). The fourth-order valence-electron chi connectivity index (χ4n) is 3.01. The van der Waals surface area contributed by atoms with E-state index in [0.717, 1.165) is 66.1 Å². The zero-order valence-corrected chi connectivity index (χ0v) is 18.9. The summed E-state index contributed by atoms with van der Waals surface area (Å²) < 4.78 is 8.37. The van der Waals surface area contributed by atoms with E-state index in [4.69, 9.17) is 4.74 Å². The monoisotopic (exact) mass is 467 g/mol. The predicted octanol–water partition coefficient (Wildman–Crippen LogP) is 3.24. The van der Waals surface area contributed by atoms with Gasteiger partial charge in [-0.25, -0.2) is 0 Å². The van der Waals surface area contributed by atoms with Crippen LogP contribution in [0, 0.1) is 13.8 Å². The molecular weight excluding hydrogens is 442 g/mol. The molecule has 2 aromatic rings. The zero-order chi connectivity index (χ0) is 20.1. The van der Waals surface area contributed by atoms with Crippen molar-refractivity contribution < 1.29 is 9.53 Å². The average Bonchev–Trinajstić information content (AvgIpc) is 3.06. The van der Waals surface area contributed by atoms with Crippen molar-refractivity contribution in [1.82, 2.24) is 19.7 Å². The van der Waals surface area contributed by atoms with Crippen LogP contribution in [0.3, 0.4) is 0 Å². The molecule has 0 atom stereocenters. The lowest BCUT2D eigenvalue weighted by Gasteiger charge is -2.26. The third kappa shape index (κ3) is 5.34. The van der Waals surface area contributed by atoms with Crippen LogP contribution in [-0.2, 0) is 22.6 Å². The number of nitrogens with zero attached hydrogens (tertiary/aromatic N) is 4. The Balaban J connectivity index is 1.59. The van der Waals surface area contributed by atoms with Crippen molar-refractivity contribution in [2.45, 2.75) is 39.0 Å². The molecule has 0 radical (unpaired) electrons. The van der Waals surface area contributed by atoms with Crippen molar-refractivity contribution >= 4 is 39.3 Å². The number of halogens is 1. The van der Waals surface area contributed by atoms with Crippen molar-refractivity contribution in [2.75, 3.05) is 37.4 Å². The molecule has 2 heterocycles. The van der Waals surface area contributed by atoms with Crippen LogP contribution in [-0.4, -0.2) is 57.6 Å². The molecule has 1 aliphatic rings. The van der Waals surface area contributed by atoms with Gasteiger partial charge in [0.25, 0.3) is 0 Å². The average molecular weight is 468 g/mol. The van der Waals surface area contributed by atoms with Gasteiger partial charge in [-0.15, -0.1) is 10.2 Å². The Morgan fingerprint density at radius 2 is 1.96 bits per heavy atom. The Bertz CT molecular complexity index is 836. The van der Waals surface area contributed by atoms with Crippen molar-refractivity contribution in [2.24, 2.45) is 0 Å². The maximum atomic E-state index is 12.4. The first-order valence-electron chi connectivity index (χ1n) is 9.39. The number of aromatic nitrogens is 3. The number of aryl methyl sites for hydroxylation is 2. The number of amides is 1. The molecule has 1 amide bonds. The lowest BCUT2D eigenvalue weighted by Crippen LogP contribution is -2.36. The summed E-state index contributed by atoms with van der Waals surface area (Å²) in [5.41, 5.74) is 3.12. The Morgan fingerprint density at radius 3 is 2.68 bits per heavy atom. The molecule has 1 aromatic carbocycles. The lowest BCUT2D eigenvalue weighted by molar-refractivity contribution is -0.113. The molecule has 1 aliphatic heterocycles. The summed E-state index contributed by atoms with van der Waals surface area (Å²) in [5, 5.41) is 12.4. The smallest absolute Gasteiger partial charge is 0.234 e. The Labute approximate surface area is 178 Å². The van der Waals surface area contributed by atoms with Gasteiger partial charge in [0.2, 0.25) is 5.91 Å². The van der Waals surface area contributed by atoms with Crippen molar-refractivity contribution in [3.63, 3.8) is 0 Å². The summed E-state index contributed by atoms with van der Waals surface area (Å²) in [4.78, 5) is 14.7. The van der Waals surface area contributed by atoms with Crippen LogP contribution < -0.4 is 5.32 Å². The number of rotatable bonds is 7. The molecule has 28 heavy (non-hydrogen) atoms. The highest BCUT2D eigenvalue weighted by Crippen LogP contribution is 2.26. The highest BCUT2D eigenvalue weighted by Gasteiger charge is 2.18. The summed E-state index contributed by atoms with van der Waals surface area (Å²) in [5.74, 6) is 1.16. The summed E-state index contributed by atoms with van der Waals surface area (Å²) in [6, 6.07) is 4.00. The van der Waals surface area contributed by atoms with Crippen LogP contribution >= 0.6 is 27.7 Å². The number of hydrogen-bond donors (Lipinski definition) is 1. The Hall–Kier alpha value is -1.42. The van der Waals surface area contributed by atoms with Gasteiger partial charge in [-0.1, -0.05) is 11.8 Å². The van der Waals surface area contributed by atoms with Gasteiger partial charge in [0.1, 0.15) is 5.82 Å². The van der Waals surface area contributed by atoms with E-state index in [1.54, 1.807) is 0 Å². The molecule has 1 fully saturated rings. The third-order valence-electron chi connectivity index (χ3n) is 4.77. The second-order valence-corrected chi connectivity index (χ2v) is 8.58. The number of morpholine rings is 1. The minimum Gasteiger partial charge on any atom is -0.379 e. The first-order valence-corrected chi connectivity index (χ1v) is 11.2. The quantitative estimate of drug-likeness (QED) is 0.630. The van der Waals surface area contributed by atoms with E-state index in [-0.39, 0.29) is 11.7 Å². The number of benzene rings is 1. The van der Waals surface area contributed by atoms with E-state index in [9.17, 15) is 4.79 Å². The molecule has 1 N–H and O–H groups in total. The second kappa shape index (κ2) is 9.87. The van der Waals surface area contributed by atoms with E-state index < -0.39 is 0 Å². The number of carbonyl (C=O) groups excluding carboxylic acids is 1. The minimum atomic E-state index is -0.0608. The van der Waals surface area contributed by atoms with Crippen molar-refractivity contribution in [3.05, 3.63) is 33.6 Å². The van der Waals surface area contributed by atoms with Crippen LogP contribution in [0.2, 0.25) is 0 Å². The fourth-order valence-corrected chi connectivity index (χ4v) is 4.39. The number of anilines is 1. The van der Waals surface area contributed by atoms with E-state index in [1.165, 1.54) is 17.3 Å². The molecule has 7 nitrogen and oxygen atoms in total. The van der Waals surface area contributed by atoms with Gasteiger partial charge < -0.3 is 14.6 Å². The molecule has 1 aromatic heterocycles. The normalized spacial score (nSPS) is 15.0. The van der Waals surface area contributed by atoms with Crippen LogP contribution in [0.1, 0.15) is 23.9 Å². The van der Waals surface area contributed by atoms with Gasteiger partial charge in [0.05, 0.1) is 31.2 Å². The largest absolute Gasteiger partial charge is 0.379 e. The maximum absolute atomic E-state index is 12.4. The van der Waals surface area contributed by atoms with Gasteiger partial charge >= 0.3 is 0 Å². The number of thioether (sulfide) groups is 1. The topological polar surface area (TPSA) is 72.3 Å². The molecule has 0 bridgehead atoms.